The van der Waals surface area contributed by atoms with Crippen molar-refractivity contribution in [2.24, 2.45) is 0 Å². The smallest absolute Gasteiger partial charge is 0.300 e. The van der Waals surface area contributed by atoms with Crippen LogP contribution >= 0.6 is 11.6 Å². The van der Waals surface area contributed by atoms with Crippen LogP contribution < -0.4 is 14.4 Å². The Morgan fingerprint density at radius 3 is 2.42 bits per heavy atom. The van der Waals surface area contributed by atoms with Crippen molar-refractivity contribution in [2.75, 3.05) is 11.5 Å². The highest BCUT2D eigenvalue weighted by atomic mass is 35.5. The Labute approximate surface area is 215 Å². The van der Waals surface area contributed by atoms with Crippen LogP contribution in [-0.2, 0) is 9.59 Å². The summed E-state index contributed by atoms with van der Waals surface area (Å²) in [7, 11) is 0. The Balaban J connectivity index is 1.88. The number of hydrogen-bond donors (Lipinski definition) is 1. The number of ketones is 1. The highest BCUT2D eigenvalue weighted by molar-refractivity contribution is 6.51. The van der Waals surface area contributed by atoms with Gasteiger partial charge >= 0.3 is 0 Å². The van der Waals surface area contributed by atoms with E-state index in [1.807, 2.05) is 27.7 Å². The van der Waals surface area contributed by atoms with E-state index in [4.69, 9.17) is 21.1 Å². The van der Waals surface area contributed by atoms with Gasteiger partial charge in [-0.1, -0.05) is 29.8 Å². The zero-order valence-electron chi connectivity index (χ0n) is 20.6. The number of aryl methyl sites for hydroxylation is 1. The third-order valence-corrected chi connectivity index (χ3v) is 6.10. The van der Waals surface area contributed by atoms with Crippen molar-refractivity contribution in [1.82, 2.24) is 0 Å². The van der Waals surface area contributed by atoms with Crippen LogP contribution in [0.15, 0.2) is 72.3 Å². The van der Waals surface area contributed by atoms with Crippen LogP contribution in [0, 0.1) is 6.92 Å². The number of carbonyl (C=O) groups excluding carboxylic acids is 2. The maximum Gasteiger partial charge on any atom is 0.300 e. The molecule has 6 nitrogen and oxygen atoms in total. The second-order valence-corrected chi connectivity index (χ2v) is 9.23. The molecular weight excluding hydrogens is 478 g/mol. The molecule has 1 aliphatic heterocycles. The summed E-state index contributed by atoms with van der Waals surface area (Å²) in [5.74, 6) is -0.501. The van der Waals surface area contributed by atoms with Crippen LogP contribution in [0.4, 0.5) is 5.69 Å². The lowest BCUT2D eigenvalue weighted by Gasteiger charge is -2.26. The lowest BCUT2D eigenvalue weighted by atomic mass is 9.94. The normalized spacial score (nSPS) is 17.1. The van der Waals surface area contributed by atoms with E-state index in [0.29, 0.717) is 39.9 Å². The molecule has 1 unspecified atom stereocenters. The van der Waals surface area contributed by atoms with Gasteiger partial charge in [0, 0.05) is 22.3 Å². The predicted molar refractivity (Wildman–Crippen MR) is 141 cm³/mol. The first-order valence-corrected chi connectivity index (χ1v) is 12.2. The summed E-state index contributed by atoms with van der Waals surface area (Å²) in [6.07, 6.45) is -0.00849. The van der Waals surface area contributed by atoms with Crippen molar-refractivity contribution in [3.8, 4) is 11.5 Å². The lowest BCUT2D eigenvalue weighted by molar-refractivity contribution is -0.132. The van der Waals surface area contributed by atoms with E-state index < -0.39 is 17.7 Å². The number of aliphatic hydroxyl groups excluding tert-OH is 1. The van der Waals surface area contributed by atoms with Crippen molar-refractivity contribution in [1.29, 1.82) is 0 Å². The van der Waals surface area contributed by atoms with Gasteiger partial charge in [0.2, 0.25) is 0 Å². The average molecular weight is 506 g/mol. The first kappa shape index (κ1) is 25.3. The molecule has 1 heterocycles. The number of aliphatic hydroxyl groups is 1. The summed E-state index contributed by atoms with van der Waals surface area (Å²) in [5.41, 5.74) is 2.34. The Morgan fingerprint density at radius 2 is 1.78 bits per heavy atom. The molecule has 0 aliphatic carbocycles. The summed E-state index contributed by atoms with van der Waals surface area (Å²) in [4.78, 5) is 28.1. The lowest BCUT2D eigenvalue weighted by Crippen LogP contribution is -2.29. The van der Waals surface area contributed by atoms with E-state index in [-0.39, 0.29) is 17.4 Å². The van der Waals surface area contributed by atoms with Gasteiger partial charge in [0.1, 0.15) is 17.3 Å². The summed E-state index contributed by atoms with van der Waals surface area (Å²) < 4.78 is 11.4. The summed E-state index contributed by atoms with van der Waals surface area (Å²) in [6.45, 7) is 8.05. The monoisotopic (exact) mass is 505 g/mol. The van der Waals surface area contributed by atoms with Crippen molar-refractivity contribution in [3.63, 3.8) is 0 Å². The average Bonchev–Trinajstić information content (AvgIpc) is 3.11. The zero-order valence-corrected chi connectivity index (χ0v) is 21.4. The molecule has 1 N–H and O–H groups in total. The fourth-order valence-electron chi connectivity index (χ4n) is 4.29. The second kappa shape index (κ2) is 10.5. The number of ether oxygens (including phenoxy) is 2. The molecule has 3 aromatic carbocycles. The molecule has 1 aliphatic rings. The van der Waals surface area contributed by atoms with Crippen molar-refractivity contribution >= 4 is 34.7 Å². The minimum absolute atomic E-state index is 0.000985. The quantitative estimate of drug-likeness (QED) is 0.226. The maximum atomic E-state index is 13.4. The van der Waals surface area contributed by atoms with Gasteiger partial charge in [-0.15, -0.1) is 0 Å². The molecular formula is C29H28ClNO5. The minimum atomic E-state index is -0.856. The second-order valence-electron chi connectivity index (χ2n) is 8.80. The number of carbonyl (C=O) groups is 2. The number of nitrogens with zero attached hydrogens (tertiary/aromatic N) is 1. The Morgan fingerprint density at radius 1 is 1.06 bits per heavy atom. The topological polar surface area (TPSA) is 76.1 Å². The third-order valence-electron chi connectivity index (χ3n) is 5.85. The minimum Gasteiger partial charge on any atom is -0.507 e. The van der Waals surface area contributed by atoms with Gasteiger partial charge < -0.3 is 14.6 Å². The molecule has 0 saturated carbocycles. The Hall–Kier alpha value is -3.77. The van der Waals surface area contributed by atoms with Crippen LogP contribution in [0.2, 0.25) is 5.02 Å². The molecule has 1 atom stereocenters. The Bertz CT molecular complexity index is 1330. The van der Waals surface area contributed by atoms with Crippen LogP contribution in [0.5, 0.6) is 11.5 Å². The molecule has 1 amide bonds. The standard InChI is InChI=1S/C29H28ClNO5/c1-5-35-23-8-6-7-22(16-23)31-26(19-9-12-21(30)13-10-19)25(28(33)29(31)34)27(32)20-11-14-24(18(4)15-20)36-17(2)3/h6-17,26,32H,5H2,1-4H3/b27-25-. The van der Waals surface area contributed by atoms with Crippen molar-refractivity contribution in [2.45, 2.75) is 39.8 Å². The van der Waals surface area contributed by atoms with E-state index in [1.54, 1.807) is 66.7 Å². The number of hydrogen-bond acceptors (Lipinski definition) is 5. The van der Waals surface area contributed by atoms with E-state index >= 15 is 0 Å². The van der Waals surface area contributed by atoms with E-state index in [1.165, 1.54) is 4.90 Å². The molecule has 0 aromatic heterocycles. The summed E-state index contributed by atoms with van der Waals surface area (Å²) in [6, 6.07) is 18.2. The number of halogens is 1. The highest BCUT2D eigenvalue weighted by Crippen LogP contribution is 2.43. The first-order chi connectivity index (χ1) is 17.2. The maximum absolute atomic E-state index is 13.4. The van der Waals surface area contributed by atoms with Gasteiger partial charge in [-0.25, -0.2) is 0 Å². The van der Waals surface area contributed by atoms with Crippen molar-refractivity contribution < 1.29 is 24.2 Å². The fourth-order valence-corrected chi connectivity index (χ4v) is 4.41. The van der Waals surface area contributed by atoms with Crippen LogP contribution in [-0.4, -0.2) is 29.5 Å². The molecule has 7 heteroatoms. The predicted octanol–water partition coefficient (Wildman–Crippen LogP) is 6.46. The first-order valence-electron chi connectivity index (χ1n) is 11.8. The van der Waals surface area contributed by atoms with Gasteiger partial charge in [-0.2, -0.15) is 0 Å². The zero-order chi connectivity index (χ0) is 26.0. The SMILES string of the molecule is CCOc1cccc(N2C(=O)C(=O)/C(=C(\O)c3ccc(OC(C)C)c(C)c3)C2c2ccc(Cl)cc2)c1. The van der Waals surface area contributed by atoms with Crippen LogP contribution in [0.25, 0.3) is 5.76 Å². The molecule has 4 rings (SSSR count). The van der Waals surface area contributed by atoms with Gasteiger partial charge in [-0.3, -0.25) is 14.5 Å². The van der Waals surface area contributed by atoms with E-state index in [9.17, 15) is 14.7 Å². The Kier molecular flexibility index (Phi) is 7.36. The largest absolute Gasteiger partial charge is 0.507 e. The number of benzene rings is 3. The van der Waals surface area contributed by atoms with Crippen molar-refractivity contribution in [3.05, 3.63) is 94.0 Å². The molecule has 3 aromatic rings. The summed E-state index contributed by atoms with van der Waals surface area (Å²) >= 11 is 6.11. The van der Waals surface area contributed by atoms with E-state index in [2.05, 4.69) is 0 Å². The molecule has 1 fully saturated rings. The number of anilines is 1. The van der Waals surface area contributed by atoms with Gasteiger partial charge in [0.15, 0.2) is 0 Å². The summed E-state index contributed by atoms with van der Waals surface area (Å²) in [5, 5.41) is 11.9. The van der Waals surface area contributed by atoms with Gasteiger partial charge in [-0.05, 0) is 81.3 Å². The number of amides is 1. The van der Waals surface area contributed by atoms with Gasteiger partial charge in [0.05, 0.1) is 24.3 Å². The fraction of sp³-hybridized carbons (Fsp3) is 0.241. The molecule has 0 bridgehead atoms. The molecule has 0 spiro atoms. The third kappa shape index (κ3) is 4.95. The van der Waals surface area contributed by atoms with Gasteiger partial charge in [0.25, 0.3) is 11.7 Å². The molecule has 186 valence electrons. The molecule has 0 radical (unpaired) electrons. The van der Waals surface area contributed by atoms with Crippen LogP contribution in [0.1, 0.15) is 43.5 Å². The van der Waals surface area contributed by atoms with E-state index in [0.717, 1.165) is 5.56 Å². The van der Waals surface area contributed by atoms with Crippen LogP contribution in [0.3, 0.4) is 0 Å². The number of rotatable bonds is 7. The highest BCUT2D eigenvalue weighted by Gasteiger charge is 2.47. The molecule has 1 saturated heterocycles. The number of Topliss-reactive ketones (excluding diaryl/α,β-unsaturated/α-hetero) is 1. The molecule has 36 heavy (non-hydrogen) atoms.